The maximum absolute atomic E-state index is 11.9. The fourth-order valence-corrected chi connectivity index (χ4v) is 1.82. The zero-order valence-corrected chi connectivity index (χ0v) is 13.6. The summed E-state index contributed by atoms with van der Waals surface area (Å²) in [6.45, 7) is 9.83. The normalized spacial score (nSPS) is 13.5. The van der Waals surface area contributed by atoms with Crippen molar-refractivity contribution in [1.82, 2.24) is 10.6 Å². The lowest BCUT2D eigenvalue weighted by atomic mass is 10.2. The Morgan fingerprint density at radius 1 is 1.19 bits per heavy atom. The molecule has 1 aromatic carbocycles. The van der Waals surface area contributed by atoms with Crippen LogP contribution in [0.25, 0.3) is 0 Å². The summed E-state index contributed by atoms with van der Waals surface area (Å²) in [5.74, 6) is 0.652. The van der Waals surface area contributed by atoms with E-state index in [4.69, 9.17) is 4.74 Å². The molecule has 0 aliphatic heterocycles. The highest BCUT2D eigenvalue weighted by Crippen LogP contribution is 2.14. The Kier molecular flexibility index (Phi) is 7.83. The van der Waals surface area contributed by atoms with E-state index in [9.17, 15) is 4.79 Å². The summed E-state index contributed by atoms with van der Waals surface area (Å²) in [6, 6.07) is 8.05. The lowest BCUT2D eigenvalue weighted by molar-refractivity contribution is -0.127. The maximum Gasteiger partial charge on any atom is 0.260 e. The molecule has 0 bridgehead atoms. The van der Waals surface area contributed by atoms with Crippen molar-refractivity contribution in [2.45, 2.75) is 59.2 Å². The van der Waals surface area contributed by atoms with Gasteiger partial charge in [0.1, 0.15) is 5.75 Å². The average Bonchev–Trinajstić information content (AvgIpc) is 2.49. The van der Waals surface area contributed by atoms with Crippen molar-refractivity contribution < 1.29 is 9.53 Å². The van der Waals surface area contributed by atoms with Crippen LogP contribution in [0, 0.1) is 0 Å². The van der Waals surface area contributed by atoms with E-state index in [0.717, 1.165) is 31.7 Å². The third kappa shape index (κ3) is 6.63. The van der Waals surface area contributed by atoms with Gasteiger partial charge in [-0.05, 0) is 50.9 Å². The van der Waals surface area contributed by atoms with Gasteiger partial charge in [-0.1, -0.05) is 26.0 Å². The summed E-state index contributed by atoms with van der Waals surface area (Å²) >= 11 is 0. The third-order valence-corrected chi connectivity index (χ3v) is 3.36. The summed E-state index contributed by atoms with van der Waals surface area (Å²) < 4.78 is 5.67. The van der Waals surface area contributed by atoms with Gasteiger partial charge in [-0.2, -0.15) is 0 Å². The Morgan fingerprint density at radius 3 is 2.43 bits per heavy atom. The van der Waals surface area contributed by atoms with E-state index in [1.54, 1.807) is 6.92 Å². The van der Waals surface area contributed by atoms with E-state index >= 15 is 0 Å². The monoisotopic (exact) mass is 292 g/mol. The smallest absolute Gasteiger partial charge is 0.260 e. The van der Waals surface area contributed by atoms with Crippen molar-refractivity contribution in [2.24, 2.45) is 0 Å². The molecule has 0 heterocycles. The molecule has 0 aliphatic rings. The van der Waals surface area contributed by atoms with Crippen molar-refractivity contribution >= 4 is 5.91 Å². The number of hydrogen-bond donors (Lipinski definition) is 2. The second-order valence-corrected chi connectivity index (χ2v) is 5.40. The number of carbonyl (C=O) groups is 1. The lowest BCUT2D eigenvalue weighted by Crippen LogP contribution is -2.40. The third-order valence-electron chi connectivity index (χ3n) is 3.36. The van der Waals surface area contributed by atoms with Gasteiger partial charge in [0, 0.05) is 12.6 Å². The molecule has 0 saturated carbocycles. The molecule has 4 heteroatoms. The number of rotatable bonds is 9. The van der Waals surface area contributed by atoms with E-state index in [2.05, 4.69) is 17.6 Å². The number of ether oxygens (including phenoxy) is 1. The van der Waals surface area contributed by atoms with Gasteiger partial charge in [-0.3, -0.25) is 4.79 Å². The van der Waals surface area contributed by atoms with Gasteiger partial charge in [-0.15, -0.1) is 0 Å². The van der Waals surface area contributed by atoms with Crippen LogP contribution in [0.2, 0.25) is 0 Å². The Balaban J connectivity index is 2.45. The SMILES string of the molecule is CCCNCc1ccc(OC(C)C(=O)NC(C)CC)cc1. The molecule has 2 unspecified atom stereocenters. The highest BCUT2D eigenvalue weighted by atomic mass is 16.5. The van der Waals surface area contributed by atoms with Crippen LogP contribution in [0.1, 0.15) is 46.1 Å². The quantitative estimate of drug-likeness (QED) is 0.688. The Bertz CT molecular complexity index is 417. The lowest BCUT2D eigenvalue weighted by Gasteiger charge is -2.18. The van der Waals surface area contributed by atoms with E-state index in [-0.39, 0.29) is 11.9 Å². The largest absolute Gasteiger partial charge is 0.481 e. The van der Waals surface area contributed by atoms with Gasteiger partial charge >= 0.3 is 0 Å². The first-order valence-electron chi connectivity index (χ1n) is 7.83. The van der Waals surface area contributed by atoms with Crippen LogP contribution in [0.3, 0.4) is 0 Å². The summed E-state index contributed by atoms with van der Waals surface area (Å²) in [7, 11) is 0. The van der Waals surface area contributed by atoms with E-state index in [1.807, 2.05) is 38.1 Å². The molecule has 1 rings (SSSR count). The van der Waals surface area contributed by atoms with Crippen LogP contribution in [0.15, 0.2) is 24.3 Å². The van der Waals surface area contributed by atoms with Crippen molar-refractivity contribution in [3.05, 3.63) is 29.8 Å². The summed E-state index contributed by atoms with van der Waals surface area (Å²) in [6.07, 6.45) is 1.56. The topological polar surface area (TPSA) is 50.4 Å². The highest BCUT2D eigenvalue weighted by Gasteiger charge is 2.15. The van der Waals surface area contributed by atoms with Crippen LogP contribution >= 0.6 is 0 Å². The predicted octanol–water partition coefficient (Wildman–Crippen LogP) is 2.87. The molecule has 0 aliphatic carbocycles. The van der Waals surface area contributed by atoms with E-state index < -0.39 is 6.10 Å². The Morgan fingerprint density at radius 2 is 1.86 bits per heavy atom. The maximum atomic E-state index is 11.9. The predicted molar refractivity (Wildman–Crippen MR) is 86.4 cm³/mol. The molecule has 1 aromatic rings. The highest BCUT2D eigenvalue weighted by molar-refractivity contribution is 5.80. The zero-order valence-electron chi connectivity index (χ0n) is 13.6. The van der Waals surface area contributed by atoms with Crippen LogP contribution in [0.5, 0.6) is 5.75 Å². The first-order chi connectivity index (χ1) is 10.1. The molecule has 2 N–H and O–H groups in total. The second-order valence-electron chi connectivity index (χ2n) is 5.40. The number of amides is 1. The summed E-state index contributed by atoms with van der Waals surface area (Å²) in [5.41, 5.74) is 1.22. The molecule has 118 valence electrons. The Hall–Kier alpha value is -1.55. The minimum absolute atomic E-state index is 0.0713. The molecule has 2 atom stereocenters. The molecule has 4 nitrogen and oxygen atoms in total. The average molecular weight is 292 g/mol. The molecule has 0 fully saturated rings. The van der Waals surface area contributed by atoms with Crippen molar-refractivity contribution in [1.29, 1.82) is 0 Å². The number of benzene rings is 1. The molecule has 1 amide bonds. The van der Waals surface area contributed by atoms with Gasteiger partial charge < -0.3 is 15.4 Å². The molecule has 0 radical (unpaired) electrons. The van der Waals surface area contributed by atoms with Crippen LogP contribution in [-0.4, -0.2) is 24.6 Å². The van der Waals surface area contributed by atoms with Gasteiger partial charge in [0.2, 0.25) is 0 Å². The van der Waals surface area contributed by atoms with Crippen molar-refractivity contribution in [3.63, 3.8) is 0 Å². The summed E-state index contributed by atoms with van der Waals surface area (Å²) in [4.78, 5) is 11.9. The molecule has 0 saturated heterocycles. The van der Waals surface area contributed by atoms with Gasteiger partial charge in [0.25, 0.3) is 5.91 Å². The number of hydrogen-bond acceptors (Lipinski definition) is 3. The first kappa shape index (κ1) is 17.5. The van der Waals surface area contributed by atoms with E-state index in [0.29, 0.717) is 0 Å². The first-order valence-corrected chi connectivity index (χ1v) is 7.83. The van der Waals surface area contributed by atoms with Crippen LogP contribution < -0.4 is 15.4 Å². The fourth-order valence-electron chi connectivity index (χ4n) is 1.82. The molecular weight excluding hydrogens is 264 g/mol. The van der Waals surface area contributed by atoms with Gasteiger partial charge in [0.05, 0.1) is 0 Å². The van der Waals surface area contributed by atoms with Crippen molar-refractivity contribution in [3.8, 4) is 5.75 Å². The van der Waals surface area contributed by atoms with E-state index in [1.165, 1.54) is 5.56 Å². The number of carbonyl (C=O) groups excluding carboxylic acids is 1. The minimum atomic E-state index is -0.483. The fraction of sp³-hybridized carbons (Fsp3) is 0.588. The molecule has 21 heavy (non-hydrogen) atoms. The molecule has 0 aromatic heterocycles. The van der Waals surface area contributed by atoms with Gasteiger partial charge in [0.15, 0.2) is 6.10 Å². The number of nitrogens with one attached hydrogen (secondary N) is 2. The minimum Gasteiger partial charge on any atom is -0.481 e. The summed E-state index contributed by atoms with van der Waals surface area (Å²) in [5, 5.41) is 6.27. The van der Waals surface area contributed by atoms with Crippen LogP contribution in [-0.2, 0) is 11.3 Å². The zero-order chi connectivity index (χ0) is 15.7. The van der Waals surface area contributed by atoms with Gasteiger partial charge in [-0.25, -0.2) is 0 Å². The standard InChI is InChI=1S/C17H28N2O2/c1-5-11-18-12-15-7-9-16(10-8-15)21-14(4)17(20)19-13(3)6-2/h7-10,13-14,18H,5-6,11-12H2,1-4H3,(H,19,20). The molecule has 0 spiro atoms. The second kappa shape index (κ2) is 9.40. The van der Waals surface area contributed by atoms with Crippen molar-refractivity contribution in [2.75, 3.05) is 6.54 Å². The van der Waals surface area contributed by atoms with Crippen LogP contribution in [0.4, 0.5) is 0 Å². The molecular formula is C17H28N2O2. The Labute approximate surface area is 128 Å².